The minimum atomic E-state index is 0.766. The van der Waals surface area contributed by atoms with Gasteiger partial charge in [-0.2, -0.15) is 0 Å². The molecule has 0 amide bonds. The van der Waals surface area contributed by atoms with Gasteiger partial charge in [0.1, 0.15) is 0 Å². The van der Waals surface area contributed by atoms with E-state index in [-0.39, 0.29) is 0 Å². The van der Waals surface area contributed by atoms with Gasteiger partial charge < -0.3 is 20.0 Å². The minimum Gasteiger partial charge on any atom is -0.383 e. The van der Waals surface area contributed by atoms with Gasteiger partial charge in [0, 0.05) is 32.7 Å². The molecule has 0 aromatic heterocycles. The Morgan fingerprint density at radius 2 is 1.48 bits per heavy atom. The van der Waals surface area contributed by atoms with Crippen LogP contribution in [0, 0.1) is 0 Å². The molecule has 4 heteroatoms. The molecule has 2 saturated heterocycles. The van der Waals surface area contributed by atoms with Crippen molar-refractivity contribution >= 4 is 11.4 Å². The van der Waals surface area contributed by atoms with Gasteiger partial charge in [-0.15, -0.1) is 0 Å². The summed E-state index contributed by atoms with van der Waals surface area (Å²) in [5, 5.41) is 3.72. The Morgan fingerprint density at radius 1 is 0.774 bits per heavy atom. The van der Waals surface area contributed by atoms with Gasteiger partial charge in [-0.3, -0.25) is 0 Å². The lowest BCUT2D eigenvalue weighted by Gasteiger charge is -2.35. The second-order valence-corrected chi connectivity index (χ2v) is 9.32. The van der Waals surface area contributed by atoms with Gasteiger partial charge in [-0.05, 0) is 76.0 Å². The summed E-state index contributed by atoms with van der Waals surface area (Å²) in [4.78, 5) is 7.62. The van der Waals surface area contributed by atoms with Crippen LogP contribution in [0.3, 0.4) is 0 Å². The smallest absolute Gasteiger partial charge is 0.0602 e. The van der Waals surface area contributed by atoms with Gasteiger partial charge >= 0.3 is 0 Å². The lowest BCUT2D eigenvalue weighted by molar-refractivity contribution is 0.208. The molecule has 0 saturated carbocycles. The molecule has 4 rings (SSSR count). The predicted octanol–water partition coefficient (Wildman–Crippen LogP) is 4.90. The Labute approximate surface area is 189 Å². The first-order valence-corrected chi connectivity index (χ1v) is 12.3. The number of nitrogens with zero attached hydrogens (tertiary/aromatic N) is 3. The largest absolute Gasteiger partial charge is 0.383 e. The average Bonchev–Trinajstić information content (AvgIpc) is 2.83. The zero-order valence-corrected chi connectivity index (χ0v) is 19.3. The summed E-state index contributed by atoms with van der Waals surface area (Å²) in [5.41, 5.74) is 4.21. The number of benzene rings is 2. The third-order valence-electron chi connectivity index (χ3n) is 7.07. The molecule has 0 unspecified atom stereocenters. The fourth-order valence-electron chi connectivity index (χ4n) is 5.02. The molecule has 1 N–H and O–H groups in total. The van der Waals surface area contributed by atoms with Crippen molar-refractivity contribution in [3.63, 3.8) is 0 Å². The maximum absolute atomic E-state index is 3.72. The first-order valence-electron chi connectivity index (χ1n) is 12.3. The van der Waals surface area contributed by atoms with Gasteiger partial charge in [0.05, 0.1) is 11.4 Å². The summed E-state index contributed by atoms with van der Waals surface area (Å²) in [7, 11) is 2.22. The lowest BCUT2D eigenvalue weighted by atomic mass is 9.89. The van der Waals surface area contributed by atoms with Gasteiger partial charge in [0.15, 0.2) is 0 Å². The lowest BCUT2D eigenvalue weighted by Crippen LogP contribution is -2.44. The van der Waals surface area contributed by atoms with E-state index in [2.05, 4.69) is 81.7 Å². The SMILES string of the molecule is CN1CCN(c2ccccc2NCCCCCN2CCC(c3ccccc3)CC2)CC1. The number of para-hydroxylation sites is 2. The zero-order valence-electron chi connectivity index (χ0n) is 19.3. The summed E-state index contributed by atoms with van der Waals surface area (Å²) in [5.74, 6) is 0.766. The number of piperidine rings is 1. The molecule has 0 aliphatic carbocycles. The molecule has 168 valence electrons. The van der Waals surface area contributed by atoms with Crippen molar-refractivity contribution in [1.29, 1.82) is 0 Å². The van der Waals surface area contributed by atoms with Crippen LogP contribution in [0.1, 0.15) is 43.6 Å². The zero-order chi connectivity index (χ0) is 21.3. The molecule has 2 aromatic carbocycles. The van der Waals surface area contributed by atoms with Crippen molar-refractivity contribution in [2.45, 2.75) is 38.0 Å². The number of hydrogen-bond acceptors (Lipinski definition) is 4. The number of unbranched alkanes of at least 4 members (excludes halogenated alkanes) is 2. The van der Waals surface area contributed by atoms with Crippen LogP contribution >= 0.6 is 0 Å². The van der Waals surface area contributed by atoms with Crippen LogP contribution in [-0.4, -0.2) is 69.2 Å². The Hall–Kier alpha value is -2.04. The molecule has 2 aromatic rings. The second kappa shape index (κ2) is 11.5. The number of nitrogens with one attached hydrogen (secondary N) is 1. The highest BCUT2D eigenvalue weighted by Gasteiger charge is 2.20. The van der Waals surface area contributed by atoms with Gasteiger partial charge in [0.25, 0.3) is 0 Å². The third-order valence-corrected chi connectivity index (χ3v) is 7.07. The van der Waals surface area contributed by atoms with Crippen LogP contribution in [0.25, 0.3) is 0 Å². The monoisotopic (exact) mass is 420 g/mol. The fourth-order valence-corrected chi connectivity index (χ4v) is 5.02. The van der Waals surface area contributed by atoms with Crippen LogP contribution in [0.2, 0.25) is 0 Å². The highest BCUT2D eigenvalue weighted by Crippen LogP contribution is 2.28. The summed E-state index contributed by atoms with van der Waals surface area (Å²) in [6.45, 7) is 9.40. The molecule has 2 fully saturated rings. The molecular weight excluding hydrogens is 380 g/mol. The number of anilines is 2. The van der Waals surface area contributed by atoms with E-state index < -0.39 is 0 Å². The van der Waals surface area contributed by atoms with E-state index in [1.54, 1.807) is 0 Å². The van der Waals surface area contributed by atoms with E-state index in [4.69, 9.17) is 0 Å². The van der Waals surface area contributed by atoms with E-state index in [1.165, 1.54) is 68.7 Å². The van der Waals surface area contributed by atoms with Crippen molar-refractivity contribution in [3.05, 3.63) is 60.2 Å². The van der Waals surface area contributed by atoms with E-state index >= 15 is 0 Å². The van der Waals surface area contributed by atoms with E-state index in [0.717, 1.165) is 38.6 Å². The topological polar surface area (TPSA) is 21.8 Å². The van der Waals surface area contributed by atoms with Crippen LogP contribution in [0.4, 0.5) is 11.4 Å². The standard InChI is InChI=1S/C27H40N4/c1-29-20-22-31(23-21-29)27-13-7-6-12-26(27)28-16-8-3-9-17-30-18-14-25(15-19-30)24-10-4-2-5-11-24/h2,4-7,10-13,25,28H,3,8-9,14-23H2,1H3. The van der Waals surface area contributed by atoms with Crippen molar-refractivity contribution in [2.75, 3.05) is 69.6 Å². The number of piperazine rings is 1. The van der Waals surface area contributed by atoms with Crippen LogP contribution in [0.15, 0.2) is 54.6 Å². The molecule has 0 spiro atoms. The first-order chi connectivity index (χ1) is 15.3. The normalized spacial score (nSPS) is 18.9. The molecule has 31 heavy (non-hydrogen) atoms. The third kappa shape index (κ3) is 6.47. The van der Waals surface area contributed by atoms with Crippen molar-refractivity contribution in [3.8, 4) is 0 Å². The van der Waals surface area contributed by atoms with Crippen LogP contribution in [-0.2, 0) is 0 Å². The molecule has 0 atom stereocenters. The fraction of sp³-hybridized carbons (Fsp3) is 0.556. The Bertz CT molecular complexity index is 762. The maximum atomic E-state index is 3.72. The quantitative estimate of drug-likeness (QED) is 0.583. The van der Waals surface area contributed by atoms with Crippen LogP contribution < -0.4 is 10.2 Å². The van der Waals surface area contributed by atoms with E-state index in [1.807, 2.05) is 0 Å². The van der Waals surface area contributed by atoms with Crippen molar-refractivity contribution in [1.82, 2.24) is 9.80 Å². The summed E-state index contributed by atoms with van der Waals surface area (Å²) in [6, 6.07) is 19.9. The van der Waals surface area contributed by atoms with Crippen molar-refractivity contribution < 1.29 is 0 Å². The highest BCUT2D eigenvalue weighted by molar-refractivity contribution is 5.70. The molecule has 2 aliphatic heterocycles. The van der Waals surface area contributed by atoms with E-state index in [9.17, 15) is 0 Å². The Balaban J connectivity index is 1.11. The molecule has 4 nitrogen and oxygen atoms in total. The number of hydrogen-bond donors (Lipinski definition) is 1. The summed E-state index contributed by atoms with van der Waals surface area (Å²) in [6.07, 6.45) is 6.50. The molecule has 0 bridgehead atoms. The molecule has 0 radical (unpaired) electrons. The predicted molar refractivity (Wildman–Crippen MR) is 133 cm³/mol. The molecule has 2 heterocycles. The average molecular weight is 421 g/mol. The molecule has 2 aliphatic rings. The number of likely N-dealkylation sites (tertiary alicyclic amines) is 1. The number of likely N-dealkylation sites (N-methyl/N-ethyl adjacent to an activating group) is 1. The Kier molecular flexibility index (Phi) is 8.25. The number of rotatable bonds is 9. The maximum Gasteiger partial charge on any atom is 0.0602 e. The van der Waals surface area contributed by atoms with Gasteiger partial charge in [0.2, 0.25) is 0 Å². The van der Waals surface area contributed by atoms with E-state index in [0.29, 0.717) is 0 Å². The van der Waals surface area contributed by atoms with Crippen molar-refractivity contribution in [2.24, 2.45) is 0 Å². The second-order valence-electron chi connectivity index (χ2n) is 9.32. The van der Waals surface area contributed by atoms with Gasteiger partial charge in [-0.1, -0.05) is 48.9 Å². The molecular formula is C27H40N4. The Morgan fingerprint density at radius 3 is 2.26 bits per heavy atom. The van der Waals surface area contributed by atoms with Crippen LogP contribution in [0.5, 0.6) is 0 Å². The minimum absolute atomic E-state index is 0.766. The van der Waals surface area contributed by atoms with Gasteiger partial charge in [-0.25, -0.2) is 0 Å². The first kappa shape index (κ1) is 22.2. The summed E-state index contributed by atoms with van der Waals surface area (Å²) < 4.78 is 0. The summed E-state index contributed by atoms with van der Waals surface area (Å²) >= 11 is 0. The highest BCUT2D eigenvalue weighted by atomic mass is 15.3.